The van der Waals surface area contributed by atoms with Gasteiger partial charge in [-0.3, -0.25) is 4.79 Å². The molecule has 1 amide bonds. The van der Waals surface area contributed by atoms with Gasteiger partial charge in [0, 0.05) is 18.0 Å². The van der Waals surface area contributed by atoms with Gasteiger partial charge in [0.05, 0.1) is 30.6 Å². The van der Waals surface area contributed by atoms with Crippen molar-refractivity contribution in [2.45, 2.75) is 46.7 Å². The van der Waals surface area contributed by atoms with E-state index < -0.39 is 0 Å². The van der Waals surface area contributed by atoms with Crippen molar-refractivity contribution in [3.8, 4) is 5.75 Å². The van der Waals surface area contributed by atoms with Crippen molar-refractivity contribution < 1.29 is 9.53 Å². The number of carbonyl (C=O) groups is 1. The van der Waals surface area contributed by atoms with Crippen LogP contribution in [0.2, 0.25) is 0 Å². The average Bonchev–Trinajstić information content (AvgIpc) is 3.10. The van der Waals surface area contributed by atoms with E-state index in [1.807, 2.05) is 60.7 Å². The molecule has 1 atom stereocenters. The molecule has 0 radical (unpaired) electrons. The molecule has 3 aromatic rings. The van der Waals surface area contributed by atoms with Gasteiger partial charge < -0.3 is 9.64 Å². The Morgan fingerprint density at radius 1 is 1.25 bits per heavy atom. The third-order valence-electron chi connectivity index (χ3n) is 5.12. The van der Waals surface area contributed by atoms with Crippen molar-refractivity contribution in [2.24, 2.45) is 0 Å². The number of hydrogen-bond donors (Lipinski definition) is 0. The van der Waals surface area contributed by atoms with E-state index in [2.05, 4.69) is 23.9 Å². The number of hydrogen-bond acceptors (Lipinski definition) is 4. The lowest BCUT2D eigenvalue weighted by Gasteiger charge is -2.29. The van der Waals surface area contributed by atoms with Gasteiger partial charge in [-0.1, -0.05) is 12.1 Å². The van der Waals surface area contributed by atoms with Crippen LogP contribution in [0.1, 0.15) is 61.4 Å². The molecule has 0 spiro atoms. The first-order chi connectivity index (χ1) is 13.4. The van der Waals surface area contributed by atoms with E-state index >= 15 is 0 Å². The van der Waals surface area contributed by atoms with E-state index in [1.54, 1.807) is 13.3 Å². The minimum atomic E-state index is -0.0823. The Kier molecular flexibility index (Phi) is 5.68. The lowest BCUT2D eigenvalue weighted by Crippen LogP contribution is -2.34. The Balaban J connectivity index is 1.97. The smallest absolute Gasteiger partial charge is 0.256 e. The van der Waals surface area contributed by atoms with Gasteiger partial charge in [-0.25, -0.2) is 9.67 Å². The molecule has 2 aromatic heterocycles. The van der Waals surface area contributed by atoms with Gasteiger partial charge in [0.25, 0.3) is 5.91 Å². The van der Waals surface area contributed by atoms with Crippen LogP contribution in [0.25, 0.3) is 11.0 Å². The zero-order valence-electron chi connectivity index (χ0n) is 17.4. The van der Waals surface area contributed by atoms with Crippen LogP contribution in [0.4, 0.5) is 0 Å². The normalized spacial score (nSPS) is 12.4. The molecule has 1 unspecified atom stereocenters. The summed E-state index contributed by atoms with van der Waals surface area (Å²) >= 11 is 0. The summed E-state index contributed by atoms with van der Waals surface area (Å²) in [5.41, 5.74) is 3.19. The maximum absolute atomic E-state index is 13.4. The number of benzene rings is 1. The highest BCUT2D eigenvalue weighted by molar-refractivity contribution is 5.98. The van der Waals surface area contributed by atoms with Crippen molar-refractivity contribution in [3.05, 3.63) is 53.3 Å². The SMILES string of the molecule is CCN(C(=O)c1cc2cnn(C(C)C)c2nc1C)C(C)c1cccc(OC)c1. The third kappa shape index (κ3) is 3.59. The van der Waals surface area contributed by atoms with E-state index in [-0.39, 0.29) is 18.0 Å². The predicted molar refractivity (Wildman–Crippen MR) is 111 cm³/mol. The fourth-order valence-corrected chi connectivity index (χ4v) is 3.49. The van der Waals surface area contributed by atoms with E-state index in [9.17, 15) is 4.79 Å². The Morgan fingerprint density at radius 2 is 2.00 bits per heavy atom. The highest BCUT2D eigenvalue weighted by Crippen LogP contribution is 2.27. The molecular formula is C22H28N4O2. The second-order valence-corrected chi connectivity index (χ2v) is 7.26. The standard InChI is InChI=1S/C22H28N4O2/c1-7-25(16(5)17-9-8-10-19(11-17)28-6)22(27)20-12-18-13-23-26(14(2)3)21(18)24-15(20)4/h8-14,16H,7H2,1-6H3. The summed E-state index contributed by atoms with van der Waals surface area (Å²) in [5.74, 6) is 0.759. The van der Waals surface area contributed by atoms with Crippen LogP contribution in [0.15, 0.2) is 36.5 Å². The van der Waals surface area contributed by atoms with Crippen LogP contribution in [-0.4, -0.2) is 39.2 Å². The molecule has 0 fully saturated rings. The number of aromatic nitrogens is 3. The number of rotatable bonds is 6. The van der Waals surface area contributed by atoms with Crippen LogP contribution in [0.3, 0.4) is 0 Å². The Hall–Kier alpha value is -2.89. The Bertz CT molecular complexity index is 993. The van der Waals surface area contributed by atoms with Crippen LogP contribution in [0, 0.1) is 6.92 Å². The molecule has 2 heterocycles. The van der Waals surface area contributed by atoms with Gasteiger partial charge in [-0.2, -0.15) is 5.10 Å². The fraction of sp³-hybridized carbons (Fsp3) is 0.409. The number of aryl methyl sites for hydroxylation is 1. The molecule has 0 aliphatic rings. The van der Waals surface area contributed by atoms with Gasteiger partial charge >= 0.3 is 0 Å². The lowest BCUT2D eigenvalue weighted by molar-refractivity contribution is 0.0701. The van der Waals surface area contributed by atoms with Gasteiger partial charge in [0.15, 0.2) is 5.65 Å². The van der Waals surface area contributed by atoms with Gasteiger partial charge in [-0.05, 0) is 58.4 Å². The number of ether oxygens (including phenoxy) is 1. The van der Waals surface area contributed by atoms with E-state index in [0.717, 1.165) is 28.0 Å². The first-order valence-electron chi connectivity index (χ1n) is 9.67. The minimum Gasteiger partial charge on any atom is -0.497 e. The topological polar surface area (TPSA) is 60.2 Å². The summed E-state index contributed by atoms with van der Waals surface area (Å²) in [5, 5.41) is 5.30. The molecule has 0 saturated carbocycles. The molecule has 0 bridgehead atoms. The quantitative estimate of drug-likeness (QED) is 0.629. The number of pyridine rings is 1. The van der Waals surface area contributed by atoms with E-state index in [0.29, 0.717) is 12.1 Å². The molecular weight excluding hydrogens is 352 g/mol. The van der Waals surface area contributed by atoms with E-state index in [4.69, 9.17) is 4.74 Å². The van der Waals surface area contributed by atoms with Crippen molar-refractivity contribution in [3.63, 3.8) is 0 Å². The monoisotopic (exact) mass is 380 g/mol. The Labute approximate surface area is 166 Å². The van der Waals surface area contributed by atoms with Crippen molar-refractivity contribution in [1.29, 1.82) is 0 Å². The Morgan fingerprint density at radius 3 is 2.64 bits per heavy atom. The maximum atomic E-state index is 13.4. The molecule has 28 heavy (non-hydrogen) atoms. The zero-order chi connectivity index (χ0) is 20.4. The summed E-state index contributed by atoms with van der Waals surface area (Å²) in [6, 6.07) is 9.89. The van der Waals surface area contributed by atoms with Crippen molar-refractivity contribution in [1.82, 2.24) is 19.7 Å². The molecule has 6 nitrogen and oxygen atoms in total. The first-order valence-corrected chi connectivity index (χ1v) is 9.67. The molecule has 1 aromatic carbocycles. The fourth-order valence-electron chi connectivity index (χ4n) is 3.49. The van der Waals surface area contributed by atoms with Gasteiger partial charge in [0.1, 0.15) is 5.75 Å². The summed E-state index contributed by atoms with van der Waals surface area (Å²) < 4.78 is 7.21. The second-order valence-electron chi connectivity index (χ2n) is 7.26. The number of nitrogens with zero attached hydrogens (tertiary/aromatic N) is 4. The maximum Gasteiger partial charge on any atom is 0.256 e. The second kappa shape index (κ2) is 8.00. The summed E-state index contributed by atoms with van der Waals surface area (Å²) in [6.07, 6.45) is 1.78. The van der Waals surface area contributed by atoms with Gasteiger partial charge in [-0.15, -0.1) is 0 Å². The van der Waals surface area contributed by atoms with Crippen LogP contribution < -0.4 is 4.74 Å². The highest BCUT2D eigenvalue weighted by Gasteiger charge is 2.24. The van der Waals surface area contributed by atoms with Crippen molar-refractivity contribution in [2.75, 3.05) is 13.7 Å². The minimum absolute atomic E-state index is 0.0259. The molecule has 0 aliphatic carbocycles. The van der Waals surface area contributed by atoms with Crippen molar-refractivity contribution >= 4 is 16.9 Å². The molecule has 6 heteroatoms. The number of methoxy groups -OCH3 is 1. The number of amides is 1. The molecule has 0 N–H and O–H groups in total. The summed E-state index contributed by atoms with van der Waals surface area (Å²) in [4.78, 5) is 19.9. The van der Waals surface area contributed by atoms with Crippen LogP contribution in [-0.2, 0) is 0 Å². The summed E-state index contributed by atoms with van der Waals surface area (Å²) in [6.45, 7) is 10.6. The number of fused-ring (bicyclic) bond motifs is 1. The lowest BCUT2D eigenvalue weighted by atomic mass is 10.0. The van der Waals surface area contributed by atoms with Gasteiger partial charge in [0.2, 0.25) is 0 Å². The molecule has 3 rings (SSSR count). The largest absolute Gasteiger partial charge is 0.497 e. The molecule has 0 aliphatic heterocycles. The zero-order valence-corrected chi connectivity index (χ0v) is 17.4. The molecule has 148 valence electrons. The van der Waals surface area contributed by atoms with Crippen LogP contribution >= 0.6 is 0 Å². The van der Waals surface area contributed by atoms with Crippen LogP contribution in [0.5, 0.6) is 5.75 Å². The average molecular weight is 380 g/mol. The predicted octanol–water partition coefficient (Wildman–Crippen LogP) is 4.55. The number of carbonyl (C=O) groups excluding carboxylic acids is 1. The third-order valence-corrected chi connectivity index (χ3v) is 5.12. The molecule has 0 saturated heterocycles. The van der Waals surface area contributed by atoms with E-state index in [1.165, 1.54) is 0 Å². The highest BCUT2D eigenvalue weighted by atomic mass is 16.5. The summed E-state index contributed by atoms with van der Waals surface area (Å²) in [7, 11) is 1.65. The first kappa shape index (κ1) is 19.9.